The van der Waals surface area contributed by atoms with Crippen molar-refractivity contribution in [3.8, 4) is 57.1 Å². The number of hydrogen-bond acceptors (Lipinski definition) is 32. The van der Waals surface area contributed by atoms with Gasteiger partial charge < -0.3 is 147 Å². The number of phenols is 3. The number of Topliss-reactive ketones (excluding diaryl/α,β-unsaturated/α-hetero) is 2. The molecule has 3 saturated heterocycles. The summed E-state index contributed by atoms with van der Waals surface area (Å²) in [6, 6.07) is 5.89. The zero-order valence-electron chi connectivity index (χ0n) is 75.1. The molecule has 5 aromatic rings. The van der Waals surface area contributed by atoms with Crippen molar-refractivity contribution in [1.29, 1.82) is 0 Å². The highest BCUT2D eigenvalue weighted by Gasteiger charge is 2.53. The van der Waals surface area contributed by atoms with Gasteiger partial charge in [-0.2, -0.15) is 0 Å². The van der Waals surface area contributed by atoms with Gasteiger partial charge in [0.2, 0.25) is 53.7 Å². The third-order valence-electron chi connectivity index (χ3n) is 25.2. The van der Waals surface area contributed by atoms with E-state index in [2.05, 4.69) is 44.1 Å². The van der Waals surface area contributed by atoms with E-state index >= 15 is 24.0 Å². The van der Waals surface area contributed by atoms with Crippen LogP contribution in [-0.4, -0.2) is 245 Å². The molecule has 0 saturated carbocycles. The number of fused-ring (bicyclic) bond motifs is 15. The Kier molecular flexibility index (Phi) is 37.0. The maximum atomic E-state index is 16.7. The SMILES string of the molecule is CCCCCCCCCCCCCNC1(C)C[C@H](O[C@@H]2C(O)C(O)[C@@H](CO)O[C@H]2Oc2c3cc4cc2Oc2ccc(cc2Cl)[C@@H](O)[C@@H](NC(=O)[C@H](CC)CC(C)C)C(=O)C[C@@H](CC(N)=O)C(=O)N[C@H]4C(=O)C[C@H]2C(=O)N[C@H](C(=O)N[C@H](OC=O)c4cc(O)c(CNCCO[C@@H]5OC(CO)[C@@H](O)[C@H](O)C5NC(C)=O)c(O)c4-c4cc2ccc4O)[C@H](O)c2ccc(c(Cl)c2)O3)O[C@@H](C)[C@H]1O. The van der Waals surface area contributed by atoms with E-state index in [1.807, 2.05) is 13.8 Å². The predicted octanol–water partition coefficient (Wildman–Crippen LogP) is 5.56. The fourth-order valence-corrected chi connectivity index (χ4v) is 18.3. The first kappa shape index (κ1) is 104. The number of carbonyl (C=O) groups excluding carboxylic acids is 9. The highest BCUT2D eigenvalue weighted by atomic mass is 35.5. The number of rotatable bonds is 35. The summed E-state index contributed by atoms with van der Waals surface area (Å²) in [6.45, 7) is 9.84. The Morgan fingerprint density at radius 3 is 1.86 bits per heavy atom. The van der Waals surface area contributed by atoms with Crippen LogP contribution in [0.15, 0.2) is 72.8 Å². The molecule has 6 amide bonds. The number of ketones is 2. The number of halogens is 2. The largest absolute Gasteiger partial charge is 0.507 e. The van der Waals surface area contributed by atoms with Gasteiger partial charge in [-0.15, -0.1) is 0 Å². The lowest BCUT2D eigenvalue weighted by molar-refractivity contribution is -0.334. The molecule has 11 bridgehead atoms. The average Bonchev–Trinajstić information content (AvgIpc) is 0.754. The van der Waals surface area contributed by atoms with Crippen molar-refractivity contribution in [2.75, 3.05) is 32.9 Å². The van der Waals surface area contributed by atoms with Gasteiger partial charge in [0.05, 0.1) is 59.5 Å². The number of amides is 6. The number of aliphatic hydroxyl groups is 9. The van der Waals surface area contributed by atoms with E-state index in [1.54, 1.807) is 20.8 Å². The topological polar surface area (TPSA) is 590 Å². The van der Waals surface area contributed by atoms with Crippen LogP contribution >= 0.6 is 23.2 Å². The van der Waals surface area contributed by atoms with Crippen LogP contribution in [0.4, 0.5) is 0 Å². The van der Waals surface area contributed by atoms with Crippen molar-refractivity contribution in [1.82, 2.24) is 37.2 Å². The first-order valence-electron chi connectivity index (χ1n) is 45.2. The van der Waals surface area contributed by atoms with Crippen LogP contribution in [-0.2, 0) is 78.1 Å². The molecule has 8 heterocycles. The van der Waals surface area contributed by atoms with E-state index in [4.69, 9.17) is 71.6 Å². The summed E-state index contributed by atoms with van der Waals surface area (Å²) in [5.41, 5.74) is 1.97. The molecule has 21 N–H and O–H groups in total. The number of phenolic OH excluding ortho intramolecular Hbond substituents is 3. The van der Waals surface area contributed by atoms with Crippen LogP contribution in [0.2, 0.25) is 10.0 Å². The fourth-order valence-electron chi connectivity index (χ4n) is 17.8. The van der Waals surface area contributed by atoms with E-state index in [0.29, 0.717) is 13.0 Å². The van der Waals surface area contributed by atoms with Crippen molar-refractivity contribution in [3.05, 3.63) is 116 Å². The zero-order valence-corrected chi connectivity index (χ0v) is 76.6. The Balaban J connectivity index is 1.06. The fraction of sp³-hybridized carbons (Fsp3) is 0.581. The number of aliphatic hydroxyl groups excluding tert-OH is 9. The summed E-state index contributed by atoms with van der Waals surface area (Å²) in [4.78, 5) is 132. The minimum absolute atomic E-state index is 0.0414. The molecule has 0 aliphatic carbocycles. The number of aromatic hydroxyl groups is 3. The molecule has 8 aliphatic heterocycles. The molecule has 0 spiro atoms. The summed E-state index contributed by atoms with van der Waals surface area (Å²) in [5, 5.41) is 159. The Hall–Kier alpha value is -9.53. The number of carbonyl (C=O) groups is 9. The zero-order chi connectivity index (χ0) is 96.6. The van der Waals surface area contributed by atoms with Crippen LogP contribution in [0.3, 0.4) is 0 Å². The lowest BCUT2D eigenvalue weighted by Crippen LogP contribution is -2.65. The van der Waals surface area contributed by atoms with Crippen molar-refractivity contribution in [2.45, 2.75) is 292 Å². The Morgan fingerprint density at radius 2 is 1.27 bits per heavy atom. The second kappa shape index (κ2) is 47.3. The molecule has 0 aromatic heterocycles. The van der Waals surface area contributed by atoms with Crippen LogP contribution < -0.4 is 57.2 Å². The summed E-state index contributed by atoms with van der Waals surface area (Å²) >= 11 is 14.5. The van der Waals surface area contributed by atoms with Gasteiger partial charge in [-0.25, -0.2) is 0 Å². The lowest BCUT2D eigenvalue weighted by Gasteiger charge is -2.48. The molecule has 133 heavy (non-hydrogen) atoms. The number of benzene rings is 5. The van der Waals surface area contributed by atoms with Gasteiger partial charge in [-0.05, 0) is 122 Å². The van der Waals surface area contributed by atoms with Gasteiger partial charge in [-0.1, -0.05) is 133 Å². The third kappa shape index (κ3) is 25.4. The smallest absolute Gasteiger partial charge is 0.295 e. The molecule has 0 radical (unpaired) electrons. The Labute approximate surface area is 778 Å². The highest BCUT2D eigenvalue weighted by Crippen LogP contribution is 2.52. The van der Waals surface area contributed by atoms with Crippen molar-refractivity contribution in [2.24, 2.45) is 23.5 Å². The summed E-state index contributed by atoms with van der Waals surface area (Å²) in [5.74, 6) is -18.2. The minimum atomic E-state index is -2.27. The van der Waals surface area contributed by atoms with E-state index in [1.165, 1.54) is 68.9 Å². The van der Waals surface area contributed by atoms with Crippen LogP contribution in [0, 0.1) is 17.8 Å². The van der Waals surface area contributed by atoms with Crippen LogP contribution in [0.25, 0.3) is 11.1 Å². The quantitative estimate of drug-likeness (QED) is 0.0174. The van der Waals surface area contributed by atoms with Gasteiger partial charge in [0.25, 0.3) is 6.47 Å². The molecule has 8 aliphatic rings. The van der Waals surface area contributed by atoms with Gasteiger partial charge in [-0.3, -0.25) is 43.2 Å². The summed E-state index contributed by atoms with van der Waals surface area (Å²) in [6.07, 6.45) is -15.9. The Morgan fingerprint density at radius 1 is 0.662 bits per heavy atom. The van der Waals surface area contributed by atoms with Crippen LogP contribution in [0.1, 0.15) is 221 Å². The molecule has 730 valence electrons. The number of nitrogens with one attached hydrogen (secondary N) is 7. The standard InChI is InChI=1S/C93H124Cl2N8O30/c1-8-10-11-12-13-14-15-16-17-18-19-26-98-93(7)39-70(127-45(5)85(93)120)132-84-82(119)80(117)68(42-105)131-92(84)133-83-65-34-51-35-66(83)129-64-25-22-50(32-58(64)95)77(114)74-89(124)103-90(126-43-106)55-38-60(109)56(40-97-27-28-125-91-75(99-46(6)107)81(118)79(116)67(41-104)130-91)78(115)71(55)54-30-48(20-23-59(54)108)53(88(123)102-74)37-62(111)72(51)100-87(122)52(36-69(96)112)33-61(110)73(101-86(121)47(9-2)29-44(3)4)76(113)49-21-24-63(128-65)57(94)31-49/h20-25,30-32,34-35,38,43-45,47,52-53,67-68,70,72-77,79-82,84-85,90-92,97-98,104-105,108-109,113-120H,8-19,26-29,33,36-37,39-42H2,1-7H3,(H2,96,112)(H,99,107)(H,100,122)(H,101,121)(H,102,123)(H,103,124)/t45-,47+,52-,53+,67?,68+,70-,72+,73-,74-,75?,76+,77+,79+,80?,81+,82?,84+,85+,90+,91+,92-,93?/m0/s1. The number of nitrogens with two attached hydrogens (primary N) is 1. The number of primary amides is 1. The van der Waals surface area contributed by atoms with Crippen molar-refractivity contribution < 1.29 is 147 Å². The molecule has 3 fully saturated rings. The maximum Gasteiger partial charge on any atom is 0.295 e. The van der Waals surface area contributed by atoms with E-state index in [0.717, 1.165) is 81.5 Å². The normalized spacial score (nSPS) is 28.8. The number of hydrogen-bond donors (Lipinski definition) is 20. The number of ether oxygens (including phenoxy) is 9. The maximum absolute atomic E-state index is 16.7. The van der Waals surface area contributed by atoms with Crippen LogP contribution in [0.5, 0.6) is 46.0 Å². The monoisotopic (exact) mass is 1900 g/mol. The lowest BCUT2D eigenvalue weighted by atomic mass is 9.84. The first-order chi connectivity index (χ1) is 63.4. The minimum Gasteiger partial charge on any atom is -0.507 e. The molecule has 40 heteroatoms. The molecular formula is C93H124Cl2N8O30. The Bertz CT molecular complexity index is 4920. The molecule has 5 aromatic carbocycles. The van der Waals surface area contributed by atoms with Gasteiger partial charge in [0.15, 0.2) is 41.7 Å². The second-order valence-electron chi connectivity index (χ2n) is 35.5. The highest BCUT2D eigenvalue weighted by molar-refractivity contribution is 6.32. The predicted molar refractivity (Wildman–Crippen MR) is 476 cm³/mol. The molecule has 23 atom stereocenters. The van der Waals surface area contributed by atoms with Gasteiger partial charge in [0, 0.05) is 73.8 Å². The molecule has 13 rings (SSSR count). The third-order valence-corrected chi connectivity index (χ3v) is 25.8. The second-order valence-corrected chi connectivity index (χ2v) is 36.3. The van der Waals surface area contributed by atoms with Crippen molar-refractivity contribution in [3.63, 3.8) is 0 Å². The van der Waals surface area contributed by atoms with Gasteiger partial charge >= 0.3 is 0 Å². The summed E-state index contributed by atoms with van der Waals surface area (Å²) < 4.78 is 56.9. The van der Waals surface area contributed by atoms with Crippen molar-refractivity contribution >= 4 is 76.7 Å². The first-order valence-corrected chi connectivity index (χ1v) is 46.0. The summed E-state index contributed by atoms with van der Waals surface area (Å²) in [7, 11) is 0. The van der Waals surface area contributed by atoms with E-state index < -0.39 is 288 Å². The average molecular weight is 1900 g/mol. The molecular weight excluding hydrogens is 1780 g/mol. The molecule has 5 unspecified atom stereocenters. The molecule has 38 nitrogen and oxygen atoms in total. The number of unbranched alkanes of at least 4 members (excludes halogenated alkanes) is 10. The van der Waals surface area contributed by atoms with E-state index in [-0.39, 0.29) is 77.2 Å². The van der Waals surface area contributed by atoms with Gasteiger partial charge in [0.1, 0.15) is 102 Å². The van der Waals surface area contributed by atoms with E-state index in [9.17, 15) is 80.5 Å².